The highest BCUT2D eigenvalue weighted by atomic mass is 16.6. The Morgan fingerprint density at radius 2 is 1.30 bits per heavy atom. The van der Waals surface area contributed by atoms with Crippen molar-refractivity contribution in [2.75, 3.05) is 6.54 Å². The van der Waals surface area contributed by atoms with Gasteiger partial charge in [0.2, 0.25) is 0 Å². The first-order valence-electron chi connectivity index (χ1n) is 12.9. The number of rotatable bonds is 14. The Morgan fingerprint density at radius 3 is 1.76 bits per heavy atom. The summed E-state index contributed by atoms with van der Waals surface area (Å²) in [6.07, 6.45) is -0.461. The van der Waals surface area contributed by atoms with Crippen molar-refractivity contribution in [2.45, 2.75) is 80.9 Å². The summed E-state index contributed by atoms with van der Waals surface area (Å²) < 4.78 is 16.5. The molecule has 4 atom stereocenters. The standard InChI is InChI=1S/C28H43NO8/c1-15(2)19(8)27(33)36-23-11-10-21(13-24(23)37-28(34)20(9)16(3)4)12-22(25(30)31)29-14-18(7)35-26(32)17(5)6/h10-11,13,15-20,22,29H,12,14H2,1-9H3,(H,30,31)/t18?,19?,20?,22-/m0/s1. The number of aliphatic carboxylic acids is 1. The number of carboxylic acid groups (broad SMARTS) is 1. The Labute approximate surface area is 220 Å². The maximum absolute atomic E-state index is 12.7. The molecule has 0 fully saturated rings. The van der Waals surface area contributed by atoms with E-state index in [1.165, 1.54) is 12.1 Å². The van der Waals surface area contributed by atoms with Gasteiger partial charge in [-0.15, -0.1) is 0 Å². The number of nitrogens with one attached hydrogen (secondary N) is 1. The fourth-order valence-electron chi connectivity index (χ4n) is 2.96. The molecular formula is C28H43NO8. The van der Waals surface area contributed by atoms with E-state index >= 15 is 0 Å². The minimum absolute atomic E-state index is 0.0371. The Kier molecular flexibility index (Phi) is 12.8. The van der Waals surface area contributed by atoms with E-state index in [2.05, 4.69) is 5.32 Å². The quantitative estimate of drug-likeness (QED) is 0.273. The van der Waals surface area contributed by atoms with E-state index in [9.17, 15) is 24.3 Å². The number of ether oxygens (including phenoxy) is 3. The normalized spacial score (nSPS) is 14.7. The van der Waals surface area contributed by atoms with Gasteiger partial charge in [0.25, 0.3) is 0 Å². The van der Waals surface area contributed by atoms with Crippen LogP contribution in [0.1, 0.15) is 67.9 Å². The van der Waals surface area contributed by atoms with E-state index in [1.54, 1.807) is 40.7 Å². The third-order valence-corrected chi connectivity index (χ3v) is 6.35. The Balaban J connectivity index is 3.13. The minimum atomic E-state index is -1.09. The second kappa shape index (κ2) is 14.7. The van der Waals surface area contributed by atoms with E-state index in [0.717, 1.165) is 0 Å². The van der Waals surface area contributed by atoms with Gasteiger partial charge in [-0.3, -0.25) is 19.2 Å². The monoisotopic (exact) mass is 521 g/mol. The molecule has 0 aromatic heterocycles. The third kappa shape index (κ3) is 10.5. The van der Waals surface area contributed by atoms with Gasteiger partial charge >= 0.3 is 23.9 Å². The summed E-state index contributed by atoms with van der Waals surface area (Å²) in [5.41, 5.74) is 0.559. The first-order valence-corrected chi connectivity index (χ1v) is 12.9. The van der Waals surface area contributed by atoms with E-state index in [1.807, 2.05) is 27.7 Å². The van der Waals surface area contributed by atoms with Crippen LogP contribution in [0.25, 0.3) is 0 Å². The molecule has 0 bridgehead atoms. The number of hydrogen-bond acceptors (Lipinski definition) is 8. The highest BCUT2D eigenvalue weighted by Crippen LogP contribution is 2.31. The lowest BCUT2D eigenvalue weighted by molar-refractivity contribution is -0.152. The summed E-state index contributed by atoms with van der Waals surface area (Å²) in [5.74, 6) is -3.18. The molecule has 9 heteroatoms. The van der Waals surface area contributed by atoms with Gasteiger partial charge in [0.15, 0.2) is 11.5 Å². The van der Waals surface area contributed by atoms with Gasteiger partial charge < -0.3 is 24.6 Å². The smallest absolute Gasteiger partial charge is 0.321 e. The molecule has 1 aromatic carbocycles. The molecule has 37 heavy (non-hydrogen) atoms. The van der Waals surface area contributed by atoms with Crippen LogP contribution < -0.4 is 14.8 Å². The molecule has 3 unspecified atom stereocenters. The summed E-state index contributed by atoms with van der Waals surface area (Å²) in [6.45, 7) is 16.4. The molecule has 0 saturated carbocycles. The van der Waals surface area contributed by atoms with Crippen molar-refractivity contribution in [1.82, 2.24) is 5.32 Å². The van der Waals surface area contributed by atoms with Crippen LogP contribution in [0.5, 0.6) is 11.5 Å². The zero-order chi connectivity index (χ0) is 28.4. The number of esters is 3. The number of carbonyl (C=O) groups is 4. The lowest BCUT2D eigenvalue weighted by atomic mass is 9.98. The van der Waals surface area contributed by atoms with Crippen molar-refractivity contribution in [2.24, 2.45) is 29.6 Å². The molecule has 1 aromatic rings. The van der Waals surface area contributed by atoms with Crippen LogP contribution in [-0.2, 0) is 30.3 Å². The molecule has 2 N–H and O–H groups in total. The largest absolute Gasteiger partial charge is 0.480 e. The molecule has 0 aliphatic carbocycles. The Morgan fingerprint density at radius 1 is 0.784 bits per heavy atom. The molecule has 0 saturated heterocycles. The van der Waals surface area contributed by atoms with Gasteiger partial charge in [-0.1, -0.05) is 61.5 Å². The third-order valence-electron chi connectivity index (χ3n) is 6.35. The SMILES string of the molecule is CC(CN[C@@H](Cc1ccc(OC(=O)C(C)C(C)C)c(OC(=O)C(C)C(C)C)c1)C(=O)O)OC(=O)C(C)C. The number of carboxylic acids is 1. The number of carbonyl (C=O) groups excluding carboxylic acids is 3. The maximum atomic E-state index is 12.7. The van der Waals surface area contributed by atoms with Crippen LogP contribution >= 0.6 is 0 Å². The topological polar surface area (TPSA) is 128 Å². The van der Waals surface area contributed by atoms with Gasteiger partial charge in [0.1, 0.15) is 12.1 Å². The molecule has 0 heterocycles. The summed E-state index contributed by atoms with van der Waals surface area (Å²) in [5, 5.41) is 12.6. The van der Waals surface area contributed by atoms with Crippen LogP contribution in [0.4, 0.5) is 0 Å². The molecule has 1 rings (SSSR count). The van der Waals surface area contributed by atoms with Crippen molar-refractivity contribution < 1.29 is 38.5 Å². The molecular weight excluding hydrogens is 478 g/mol. The fraction of sp³-hybridized carbons (Fsp3) is 0.643. The average Bonchev–Trinajstić information content (AvgIpc) is 2.81. The van der Waals surface area contributed by atoms with Crippen molar-refractivity contribution in [1.29, 1.82) is 0 Å². The van der Waals surface area contributed by atoms with Gasteiger partial charge in [0.05, 0.1) is 17.8 Å². The highest BCUT2D eigenvalue weighted by molar-refractivity contribution is 5.79. The second-order valence-corrected chi connectivity index (χ2v) is 10.6. The molecule has 208 valence electrons. The predicted molar refractivity (Wildman–Crippen MR) is 139 cm³/mol. The van der Waals surface area contributed by atoms with Crippen LogP contribution in [-0.4, -0.2) is 47.7 Å². The number of hydrogen-bond donors (Lipinski definition) is 2. The van der Waals surface area contributed by atoms with Gasteiger partial charge in [-0.2, -0.15) is 0 Å². The molecule has 0 aliphatic heterocycles. The first-order chi connectivity index (χ1) is 17.1. The van der Waals surface area contributed by atoms with Gasteiger partial charge in [-0.05, 0) is 42.9 Å². The van der Waals surface area contributed by atoms with Crippen molar-refractivity contribution in [3.63, 3.8) is 0 Å². The Hall–Kier alpha value is -2.94. The molecule has 0 aliphatic rings. The van der Waals surface area contributed by atoms with E-state index in [0.29, 0.717) is 5.56 Å². The lowest BCUT2D eigenvalue weighted by Crippen LogP contribution is -2.43. The van der Waals surface area contributed by atoms with E-state index in [-0.39, 0.29) is 54.1 Å². The van der Waals surface area contributed by atoms with Crippen LogP contribution in [0.15, 0.2) is 18.2 Å². The highest BCUT2D eigenvalue weighted by Gasteiger charge is 2.26. The predicted octanol–water partition coefficient (Wildman–Crippen LogP) is 4.25. The van der Waals surface area contributed by atoms with Gasteiger partial charge in [-0.25, -0.2) is 0 Å². The second-order valence-electron chi connectivity index (χ2n) is 10.6. The van der Waals surface area contributed by atoms with Crippen molar-refractivity contribution in [3.8, 4) is 11.5 Å². The fourth-order valence-corrected chi connectivity index (χ4v) is 2.96. The molecule has 9 nitrogen and oxygen atoms in total. The van der Waals surface area contributed by atoms with Crippen molar-refractivity contribution in [3.05, 3.63) is 23.8 Å². The zero-order valence-electron chi connectivity index (χ0n) is 23.5. The van der Waals surface area contributed by atoms with Crippen molar-refractivity contribution >= 4 is 23.9 Å². The molecule has 0 amide bonds. The maximum Gasteiger partial charge on any atom is 0.321 e. The first kappa shape index (κ1) is 32.1. The Bertz CT molecular complexity index is 940. The lowest BCUT2D eigenvalue weighted by Gasteiger charge is -2.21. The van der Waals surface area contributed by atoms with Crippen LogP contribution in [0.3, 0.4) is 0 Å². The van der Waals surface area contributed by atoms with Gasteiger partial charge in [0, 0.05) is 6.54 Å². The summed E-state index contributed by atoms with van der Waals surface area (Å²) in [6, 6.07) is 3.67. The summed E-state index contributed by atoms with van der Waals surface area (Å²) in [4.78, 5) is 48.9. The minimum Gasteiger partial charge on any atom is -0.480 e. The van der Waals surface area contributed by atoms with E-state index in [4.69, 9.17) is 14.2 Å². The average molecular weight is 522 g/mol. The van der Waals surface area contributed by atoms with Crippen LogP contribution in [0.2, 0.25) is 0 Å². The molecule has 0 radical (unpaired) electrons. The zero-order valence-corrected chi connectivity index (χ0v) is 23.5. The van der Waals surface area contributed by atoms with E-state index < -0.39 is 36.0 Å². The number of benzene rings is 1. The van der Waals surface area contributed by atoms with Crippen LogP contribution in [0, 0.1) is 29.6 Å². The summed E-state index contributed by atoms with van der Waals surface area (Å²) >= 11 is 0. The molecule has 0 spiro atoms. The summed E-state index contributed by atoms with van der Waals surface area (Å²) in [7, 11) is 0.